The molecular formula is C28H30N8OS. The van der Waals surface area contributed by atoms with Crippen LogP contribution in [-0.4, -0.2) is 70.8 Å². The van der Waals surface area contributed by atoms with Gasteiger partial charge in [-0.2, -0.15) is 4.98 Å². The fourth-order valence-corrected chi connectivity index (χ4v) is 5.78. The van der Waals surface area contributed by atoms with Gasteiger partial charge in [-0.15, -0.1) is 11.3 Å². The second-order valence-corrected chi connectivity index (χ2v) is 10.8. The van der Waals surface area contributed by atoms with Crippen LogP contribution in [-0.2, 0) is 6.54 Å². The summed E-state index contributed by atoms with van der Waals surface area (Å²) in [7, 11) is 2.16. The molecule has 6 rings (SSSR count). The van der Waals surface area contributed by atoms with Crippen molar-refractivity contribution in [3.63, 3.8) is 0 Å². The van der Waals surface area contributed by atoms with Crippen LogP contribution in [0.15, 0.2) is 63.4 Å². The van der Waals surface area contributed by atoms with Crippen LogP contribution in [0.5, 0.6) is 0 Å². The summed E-state index contributed by atoms with van der Waals surface area (Å²) in [6.45, 7) is 9.28. The molecule has 9 nitrogen and oxygen atoms in total. The standard InChI is InChI=1S/C28H30N8OS/c1-4-36-26-19(15-22(27(36)37)23-9-10-24(38-23)25-29-16-18(2)31-25)17-30-28(33-26)32-20-5-7-21(8-6-20)35-13-11-34(3)12-14-35/h5-10,15,17H,4,11-14,16H2,1-3H3,(H,30,32,33). The third-order valence-corrected chi connectivity index (χ3v) is 8.10. The topological polar surface area (TPSA) is 91.0 Å². The monoisotopic (exact) mass is 526 g/mol. The second kappa shape index (κ2) is 10.1. The van der Waals surface area contributed by atoms with Crippen molar-refractivity contribution >= 4 is 51.2 Å². The van der Waals surface area contributed by atoms with E-state index in [0.29, 0.717) is 30.2 Å². The molecule has 0 atom stereocenters. The number of amidine groups is 1. The Balaban J connectivity index is 1.26. The Morgan fingerprint density at radius 2 is 1.79 bits per heavy atom. The molecule has 0 saturated carbocycles. The molecule has 2 aliphatic rings. The first kappa shape index (κ1) is 24.4. The van der Waals surface area contributed by atoms with E-state index in [1.54, 1.807) is 10.8 Å². The molecule has 0 bridgehead atoms. The molecule has 3 aromatic heterocycles. The van der Waals surface area contributed by atoms with Crippen LogP contribution in [0.25, 0.3) is 21.5 Å². The molecule has 1 fully saturated rings. The number of thiophene rings is 1. The molecule has 38 heavy (non-hydrogen) atoms. The van der Waals surface area contributed by atoms with Crippen LogP contribution in [0, 0.1) is 0 Å². The van der Waals surface area contributed by atoms with E-state index >= 15 is 0 Å². The van der Waals surface area contributed by atoms with Gasteiger partial charge in [0.05, 0.1) is 17.0 Å². The molecular weight excluding hydrogens is 496 g/mol. The highest BCUT2D eigenvalue weighted by Gasteiger charge is 2.18. The summed E-state index contributed by atoms with van der Waals surface area (Å²) >= 11 is 1.53. The van der Waals surface area contributed by atoms with Gasteiger partial charge < -0.3 is 15.1 Å². The van der Waals surface area contributed by atoms with Crippen molar-refractivity contribution in [1.29, 1.82) is 0 Å². The van der Waals surface area contributed by atoms with Crippen LogP contribution < -0.4 is 15.8 Å². The number of piperazine rings is 1. The summed E-state index contributed by atoms with van der Waals surface area (Å²) in [4.78, 5) is 38.4. The number of rotatable bonds is 6. The summed E-state index contributed by atoms with van der Waals surface area (Å²) in [5.74, 6) is 1.20. The zero-order chi connectivity index (χ0) is 26.2. The highest BCUT2D eigenvalue weighted by atomic mass is 32.1. The first-order valence-electron chi connectivity index (χ1n) is 12.9. The zero-order valence-corrected chi connectivity index (χ0v) is 22.6. The van der Waals surface area contributed by atoms with Crippen LogP contribution in [0.2, 0.25) is 0 Å². The summed E-state index contributed by atoms with van der Waals surface area (Å²) < 4.78 is 1.71. The Labute approximate surface area is 225 Å². The minimum absolute atomic E-state index is 0.0670. The lowest BCUT2D eigenvalue weighted by atomic mass is 10.2. The molecule has 0 radical (unpaired) electrons. The van der Waals surface area contributed by atoms with Crippen LogP contribution >= 0.6 is 11.3 Å². The van der Waals surface area contributed by atoms with Gasteiger partial charge >= 0.3 is 0 Å². The first-order valence-corrected chi connectivity index (χ1v) is 13.7. The third kappa shape index (κ3) is 4.72. The van der Waals surface area contributed by atoms with Gasteiger partial charge in [0.15, 0.2) is 5.84 Å². The predicted molar refractivity (Wildman–Crippen MR) is 157 cm³/mol. The minimum Gasteiger partial charge on any atom is -0.369 e. The molecule has 1 N–H and O–H groups in total. The van der Waals surface area contributed by atoms with E-state index in [2.05, 4.69) is 49.3 Å². The molecule has 5 heterocycles. The van der Waals surface area contributed by atoms with E-state index < -0.39 is 0 Å². The van der Waals surface area contributed by atoms with Gasteiger partial charge in [-0.1, -0.05) is 0 Å². The van der Waals surface area contributed by atoms with Crippen molar-refractivity contribution in [1.82, 2.24) is 19.4 Å². The molecule has 194 valence electrons. The average molecular weight is 527 g/mol. The number of benzene rings is 1. The summed E-state index contributed by atoms with van der Waals surface area (Å²) in [5.41, 5.74) is 4.31. The van der Waals surface area contributed by atoms with Crippen molar-refractivity contribution < 1.29 is 0 Å². The maximum atomic E-state index is 13.5. The number of aryl methyl sites for hydroxylation is 1. The van der Waals surface area contributed by atoms with E-state index in [1.807, 2.05) is 44.2 Å². The third-order valence-electron chi connectivity index (χ3n) is 6.98. The van der Waals surface area contributed by atoms with Crippen LogP contribution in [0.4, 0.5) is 17.3 Å². The lowest BCUT2D eigenvalue weighted by Gasteiger charge is -2.34. The van der Waals surface area contributed by atoms with Gasteiger partial charge in [0, 0.05) is 66.3 Å². The van der Waals surface area contributed by atoms with Crippen molar-refractivity contribution in [3.05, 3.63) is 63.9 Å². The number of fused-ring (bicyclic) bond motifs is 1. The van der Waals surface area contributed by atoms with Crippen molar-refractivity contribution in [2.75, 3.05) is 50.0 Å². The largest absolute Gasteiger partial charge is 0.369 e. The number of hydrogen-bond donors (Lipinski definition) is 1. The maximum Gasteiger partial charge on any atom is 0.260 e. The Morgan fingerprint density at radius 3 is 2.50 bits per heavy atom. The number of likely N-dealkylation sites (N-methyl/N-ethyl adjacent to an activating group) is 1. The highest BCUT2D eigenvalue weighted by molar-refractivity contribution is 7.17. The van der Waals surface area contributed by atoms with Gasteiger partial charge in [-0.05, 0) is 63.4 Å². The lowest BCUT2D eigenvalue weighted by molar-refractivity contribution is 0.313. The van der Waals surface area contributed by atoms with E-state index in [0.717, 1.165) is 58.6 Å². The highest BCUT2D eigenvalue weighted by Crippen LogP contribution is 2.29. The summed E-state index contributed by atoms with van der Waals surface area (Å²) in [5, 5.41) is 4.12. The molecule has 10 heteroatoms. The minimum atomic E-state index is -0.0670. The smallest absolute Gasteiger partial charge is 0.260 e. The lowest BCUT2D eigenvalue weighted by Crippen LogP contribution is -2.44. The van der Waals surface area contributed by atoms with Crippen molar-refractivity contribution in [2.45, 2.75) is 20.4 Å². The number of aliphatic imine (C=N–C) groups is 2. The van der Waals surface area contributed by atoms with Crippen LogP contribution in [0.3, 0.4) is 0 Å². The number of aromatic nitrogens is 3. The second-order valence-electron chi connectivity index (χ2n) is 9.69. The Bertz CT molecular complexity index is 1610. The van der Waals surface area contributed by atoms with Gasteiger partial charge in [-0.25, -0.2) is 9.98 Å². The molecule has 0 unspecified atom stereocenters. The summed E-state index contributed by atoms with van der Waals surface area (Å²) in [6, 6.07) is 14.2. The average Bonchev–Trinajstić information content (AvgIpc) is 3.59. The van der Waals surface area contributed by atoms with Gasteiger partial charge in [0.2, 0.25) is 5.95 Å². The van der Waals surface area contributed by atoms with E-state index in [-0.39, 0.29) is 5.56 Å². The van der Waals surface area contributed by atoms with E-state index in [9.17, 15) is 4.79 Å². The van der Waals surface area contributed by atoms with Crippen molar-refractivity contribution in [2.24, 2.45) is 9.98 Å². The van der Waals surface area contributed by atoms with Gasteiger partial charge in [-0.3, -0.25) is 14.4 Å². The number of nitrogens with one attached hydrogen (secondary N) is 1. The number of hydrogen-bond acceptors (Lipinski definition) is 9. The quantitative estimate of drug-likeness (QED) is 0.404. The Morgan fingerprint density at radius 1 is 1.03 bits per heavy atom. The molecule has 2 aliphatic heterocycles. The molecule has 1 saturated heterocycles. The molecule has 0 aliphatic carbocycles. The summed E-state index contributed by atoms with van der Waals surface area (Å²) in [6.07, 6.45) is 1.78. The number of pyridine rings is 1. The zero-order valence-electron chi connectivity index (χ0n) is 21.8. The first-order chi connectivity index (χ1) is 18.5. The van der Waals surface area contributed by atoms with Crippen LogP contribution in [0.1, 0.15) is 18.7 Å². The molecule has 0 amide bonds. The van der Waals surface area contributed by atoms with Gasteiger partial charge in [0.1, 0.15) is 5.65 Å². The maximum absolute atomic E-state index is 13.5. The fraction of sp³-hybridized carbons (Fsp3) is 0.321. The Kier molecular flexibility index (Phi) is 6.50. The molecule has 0 spiro atoms. The normalized spacial score (nSPS) is 16.1. The SMILES string of the molecule is CCn1c(=O)c(-c2ccc(C3=NCC(C)=N3)s2)cc2cnc(Nc3ccc(N4CCN(C)CC4)cc3)nc21. The van der Waals surface area contributed by atoms with Crippen molar-refractivity contribution in [3.8, 4) is 10.4 Å². The van der Waals surface area contributed by atoms with Gasteiger partial charge in [0.25, 0.3) is 5.56 Å². The van der Waals surface area contributed by atoms with E-state index in [4.69, 9.17) is 4.98 Å². The number of nitrogens with zero attached hydrogens (tertiary/aromatic N) is 7. The fourth-order valence-electron chi connectivity index (χ4n) is 4.82. The predicted octanol–water partition coefficient (Wildman–Crippen LogP) is 4.26. The van der Waals surface area contributed by atoms with E-state index in [1.165, 1.54) is 17.0 Å². The number of anilines is 3. The Hall–Kier alpha value is -3.89. The molecule has 1 aromatic carbocycles. The molecule has 4 aromatic rings.